The van der Waals surface area contributed by atoms with Crippen molar-refractivity contribution in [1.29, 1.82) is 0 Å². The van der Waals surface area contributed by atoms with Crippen molar-refractivity contribution in [2.75, 3.05) is 26.0 Å². The van der Waals surface area contributed by atoms with Crippen molar-refractivity contribution in [1.82, 2.24) is 19.8 Å². The Balaban J connectivity index is 1.66. The Hall–Kier alpha value is -3.91. The van der Waals surface area contributed by atoms with Crippen LogP contribution in [0.15, 0.2) is 60.7 Å². The van der Waals surface area contributed by atoms with Crippen molar-refractivity contribution in [3.05, 3.63) is 77.4 Å². The van der Waals surface area contributed by atoms with Gasteiger partial charge in [0, 0.05) is 26.0 Å². The first-order valence-corrected chi connectivity index (χ1v) is 17.4. The van der Waals surface area contributed by atoms with Gasteiger partial charge in [-0.15, -0.1) is 4.41 Å². The minimum atomic E-state index is -4.21. The van der Waals surface area contributed by atoms with E-state index in [0.717, 1.165) is 39.0 Å². The second-order valence-corrected chi connectivity index (χ2v) is 13.6. The van der Waals surface area contributed by atoms with Gasteiger partial charge in [0.15, 0.2) is 6.29 Å². The third-order valence-electron chi connectivity index (χ3n) is 7.70. The summed E-state index contributed by atoms with van der Waals surface area (Å²) in [6.07, 6.45) is 6.30. The van der Waals surface area contributed by atoms with E-state index in [1.165, 1.54) is 12.1 Å². The number of ether oxygens (including phenoxy) is 1. The molecule has 4 amide bonds. The Morgan fingerprint density at radius 2 is 1.70 bits per heavy atom. The zero-order chi connectivity index (χ0) is 33.3. The summed E-state index contributed by atoms with van der Waals surface area (Å²) >= 11 is 0. The lowest BCUT2D eigenvalue weighted by molar-refractivity contribution is -0.204. The summed E-state index contributed by atoms with van der Waals surface area (Å²) in [6, 6.07) is 14.3. The number of imide groups is 1. The van der Waals surface area contributed by atoms with Gasteiger partial charge < -0.3 is 4.74 Å². The van der Waals surface area contributed by atoms with Crippen molar-refractivity contribution < 1.29 is 37.2 Å². The minimum absolute atomic E-state index is 0.0462. The standard InChI is InChI=1S/C33H42N4O8S/c1-24(2)19-20-29(38)37(36(46(3,42)43)22-21-35-32(40)26-15-7-8-16-27(26)33(35)41)28(17-11-14-25-12-5-4-6-13-25)31(39)34-45-30-18-9-10-23-44-30/h4-8,11-16,24,28,30H,9-10,17-23H2,1-3H3,(H,34,39)/t28?,30-/m0/s1. The van der Waals surface area contributed by atoms with Crippen LogP contribution in [0.25, 0.3) is 6.08 Å². The third kappa shape index (κ3) is 9.09. The summed E-state index contributed by atoms with van der Waals surface area (Å²) in [5.41, 5.74) is 3.68. The highest BCUT2D eigenvalue weighted by molar-refractivity contribution is 7.88. The Morgan fingerprint density at radius 3 is 2.28 bits per heavy atom. The maximum absolute atomic E-state index is 13.9. The van der Waals surface area contributed by atoms with Crippen LogP contribution in [0.5, 0.6) is 0 Å². The summed E-state index contributed by atoms with van der Waals surface area (Å²) in [5, 5.41) is 0.936. The fraction of sp³-hybridized carbons (Fsp3) is 0.455. The number of carbonyl (C=O) groups excluding carboxylic acids is 4. The number of fused-ring (bicyclic) bond motifs is 1. The molecule has 1 N–H and O–H groups in total. The van der Waals surface area contributed by atoms with Crippen LogP contribution < -0.4 is 5.48 Å². The van der Waals surface area contributed by atoms with Crippen molar-refractivity contribution in [2.45, 2.75) is 64.7 Å². The molecule has 0 spiro atoms. The third-order valence-corrected chi connectivity index (χ3v) is 8.83. The number of carbonyl (C=O) groups is 4. The molecule has 2 aromatic carbocycles. The van der Waals surface area contributed by atoms with E-state index in [4.69, 9.17) is 9.57 Å². The number of benzene rings is 2. The maximum Gasteiger partial charge on any atom is 0.268 e. The van der Waals surface area contributed by atoms with Crippen molar-refractivity contribution in [3.8, 4) is 0 Å². The second-order valence-electron chi connectivity index (χ2n) is 11.7. The van der Waals surface area contributed by atoms with Crippen LogP contribution in [0.4, 0.5) is 0 Å². The molecule has 12 nitrogen and oxygen atoms in total. The lowest BCUT2D eigenvalue weighted by atomic mass is 10.1. The van der Waals surface area contributed by atoms with Crippen molar-refractivity contribution >= 4 is 39.7 Å². The van der Waals surface area contributed by atoms with Crippen LogP contribution in [-0.2, 0) is 29.2 Å². The van der Waals surface area contributed by atoms with Gasteiger partial charge in [-0.05, 0) is 49.3 Å². The summed E-state index contributed by atoms with van der Waals surface area (Å²) in [6.45, 7) is 3.55. The molecule has 1 saturated heterocycles. The van der Waals surface area contributed by atoms with Crippen LogP contribution >= 0.6 is 0 Å². The predicted octanol–water partition coefficient (Wildman–Crippen LogP) is 3.77. The molecule has 46 heavy (non-hydrogen) atoms. The topological polar surface area (TPSA) is 143 Å². The Labute approximate surface area is 270 Å². The number of nitrogens with one attached hydrogen (secondary N) is 1. The molecule has 0 radical (unpaired) electrons. The normalized spacial score (nSPS) is 17.5. The predicted molar refractivity (Wildman–Crippen MR) is 171 cm³/mol. The number of hydrazine groups is 1. The zero-order valence-electron chi connectivity index (χ0n) is 26.5. The van der Waals surface area contributed by atoms with E-state index in [-0.39, 0.29) is 36.4 Å². The van der Waals surface area contributed by atoms with Crippen molar-refractivity contribution in [2.24, 2.45) is 5.92 Å². The van der Waals surface area contributed by atoms with Gasteiger partial charge in [0.2, 0.25) is 15.9 Å². The lowest BCUT2D eigenvalue weighted by Gasteiger charge is -2.38. The molecule has 2 heterocycles. The van der Waals surface area contributed by atoms with Gasteiger partial charge >= 0.3 is 0 Å². The number of rotatable bonds is 15. The smallest absolute Gasteiger partial charge is 0.268 e. The van der Waals surface area contributed by atoms with Gasteiger partial charge in [-0.1, -0.05) is 68.5 Å². The van der Waals surface area contributed by atoms with Gasteiger partial charge in [-0.2, -0.15) is 0 Å². The second kappa shape index (κ2) is 16.1. The molecule has 0 bridgehead atoms. The Bertz CT molecular complexity index is 1490. The van der Waals surface area contributed by atoms with E-state index >= 15 is 0 Å². The molecule has 1 unspecified atom stereocenters. The van der Waals surface area contributed by atoms with Gasteiger partial charge in [-0.25, -0.2) is 23.7 Å². The molecular formula is C33H42N4O8S. The van der Waals surface area contributed by atoms with E-state index in [2.05, 4.69) is 5.48 Å². The fourth-order valence-corrected chi connectivity index (χ4v) is 6.19. The van der Waals surface area contributed by atoms with Gasteiger partial charge in [0.1, 0.15) is 6.04 Å². The number of nitrogens with zero attached hydrogens (tertiary/aromatic N) is 3. The molecule has 0 aromatic heterocycles. The van der Waals surface area contributed by atoms with Crippen LogP contribution in [-0.4, -0.2) is 84.7 Å². The largest absolute Gasteiger partial charge is 0.350 e. The highest BCUT2D eigenvalue weighted by Crippen LogP contribution is 2.24. The summed E-state index contributed by atoms with van der Waals surface area (Å²) < 4.78 is 33.1. The number of hydroxylamine groups is 1. The average Bonchev–Trinajstić information content (AvgIpc) is 3.28. The molecule has 0 saturated carbocycles. The van der Waals surface area contributed by atoms with E-state index in [9.17, 15) is 27.6 Å². The molecule has 0 aliphatic carbocycles. The summed E-state index contributed by atoms with van der Waals surface area (Å²) in [7, 11) is -4.21. The molecule has 2 atom stereocenters. The molecular weight excluding hydrogens is 612 g/mol. The molecule has 2 aliphatic rings. The van der Waals surface area contributed by atoms with Crippen LogP contribution in [0, 0.1) is 5.92 Å². The van der Waals surface area contributed by atoms with Crippen molar-refractivity contribution in [3.63, 3.8) is 0 Å². The Morgan fingerprint density at radius 1 is 1.04 bits per heavy atom. The van der Waals surface area contributed by atoms with Crippen LogP contribution in [0.3, 0.4) is 0 Å². The number of amides is 4. The number of hydrogen-bond donors (Lipinski definition) is 1. The molecule has 4 rings (SSSR count). The quantitative estimate of drug-likeness (QED) is 0.226. The average molecular weight is 655 g/mol. The zero-order valence-corrected chi connectivity index (χ0v) is 27.3. The summed E-state index contributed by atoms with van der Waals surface area (Å²) in [4.78, 5) is 60.3. The van der Waals surface area contributed by atoms with Gasteiger partial charge in [0.25, 0.3) is 17.7 Å². The number of sulfonamides is 1. The first kappa shape index (κ1) is 35.0. The monoisotopic (exact) mass is 654 g/mol. The van der Waals surface area contributed by atoms with E-state index < -0.39 is 52.5 Å². The molecule has 2 aliphatic heterocycles. The van der Waals surface area contributed by atoms with E-state index in [0.29, 0.717) is 19.4 Å². The first-order valence-electron chi connectivity index (χ1n) is 15.5. The van der Waals surface area contributed by atoms with E-state index in [1.54, 1.807) is 24.3 Å². The van der Waals surface area contributed by atoms with Gasteiger partial charge in [-0.3, -0.25) is 24.1 Å². The van der Waals surface area contributed by atoms with Gasteiger partial charge in [0.05, 0.1) is 23.9 Å². The molecule has 1 fully saturated rings. The SMILES string of the molecule is CC(C)CCC(=O)N(C(CC=Cc1ccccc1)C(=O)NO[C@H]1CCCCO1)N(CCN1C(=O)c2ccccc2C1=O)S(C)(=O)=O. The highest BCUT2D eigenvalue weighted by Gasteiger charge is 2.41. The number of hydrogen-bond acceptors (Lipinski definition) is 8. The highest BCUT2D eigenvalue weighted by atomic mass is 32.2. The van der Waals surface area contributed by atoms with E-state index in [1.807, 2.05) is 44.2 Å². The van der Waals surface area contributed by atoms with Crippen LogP contribution in [0.2, 0.25) is 0 Å². The molecule has 13 heteroatoms. The summed E-state index contributed by atoms with van der Waals surface area (Å²) in [5.74, 6) is -2.36. The first-order chi connectivity index (χ1) is 22.0. The fourth-order valence-electron chi connectivity index (χ4n) is 5.25. The minimum Gasteiger partial charge on any atom is -0.350 e. The van der Waals surface area contributed by atoms with Crippen LogP contribution in [0.1, 0.15) is 78.7 Å². The maximum atomic E-state index is 13.9. The molecule has 248 valence electrons. The lowest BCUT2D eigenvalue weighted by Crippen LogP contribution is -2.60. The Kier molecular flexibility index (Phi) is 12.2. The molecule has 2 aromatic rings.